The number of carbonyl (C=O) groups is 1. The summed E-state index contributed by atoms with van der Waals surface area (Å²) in [6, 6.07) is 4.70. The van der Waals surface area contributed by atoms with Crippen molar-refractivity contribution in [3.8, 4) is 5.88 Å². The predicted molar refractivity (Wildman–Crippen MR) is 73.7 cm³/mol. The fourth-order valence-corrected chi connectivity index (χ4v) is 1.55. The first-order valence-electron chi connectivity index (χ1n) is 6.09. The number of aryl methyl sites for hydroxylation is 1. The topological polar surface area (TPSA) is 89.3 Å². The van der Waals surface area contributed by atoms with E-state index in [2.05, 4.69) is 20.8 Å². The number of amides is 1. The van der Waals surface area contributed by atoms with Gasteiger partial charge < -0.3 is 14.6 Å². The standard InChI is InChI=1S/C13H16N4O3/c1-8-6-12(20-17-8)16-13(18)9(2)15-10-4-5-11(19-3)14-7-10/h4-7,9,15H,1-3H3,(H,16,18)/t9-/m1/s1. The van der Waals surface area contributed by atoms with E-state index in [1.54, 1.807) is 45.4 Å². The van der Waals surface area contributed by atoms with Crippen molar-refractivity contribution in [3.63, 3.8) is 0 Å². The highest BCUT2D eigenvalue weighted by Gasteiger charge is 2.14. The van der Waals surface area contributed by atoms with Crippen LogP contribution in [0.5, 0.6) is 5.88 Å². The van der Waals surface area contributed by atoms with Gasteiger partial charge in [-0.3, -0.25) is 10.1 Å². The molecule has 0 radical (unpaired) electrons. The summed E-state index contributed by atoms with van der Waals surface area (Å²) in [5.41, 5.74) is 1.43. The first-order valence-corrected chi connectivity index (χ1v) is 6.09. The number of carbonyl (C=O) groups excluding carboxylic acids is 1. The maximum atomic E-state index is 11.9. The number of rotatable bonds is 5. The second-order valence-electron chi connectivity index (χ2n) is 4.28. The van der Waals surface area contributed by atoms with Crippen molar-refractivity contribution in [3.05, 3.63) is 30.1 Å². The first-order chi connectivity index (χ1) is 9.58. The Labute approximate surface area is 116 Å². The van der Waals surface area contributed by atoms with Crippen LogP contribution in [0.25, 0.3) is 0 Å². The number of anilines is 2. The van der Waals surface area contributed by atoms with Gasteiger partial charge in [0.1, 0.15) is 6.04 Å². The van der Waals surface area contributed by atoms with Crippen LogP contribution in [0.2, 0.25) is 0 Å². The molecule has 2 heterocycles. The van der Waals surface area contributed by atoms with Gasteiger partial charge in [0.15, 0.2) is 0 Å². The Balaban J connectivity index is 1.92. The maximum absolute atomic E-state index is 11.9. The lowest BCUT2D eigenvalue weighted by molar-refractivity contribution is -0.116. The van der Waals surface area contributed by atoms with Crippen LogP contribution in [-0.4, -0.2) is 29.2 Å². The molecule has 2 N–H and O–H groups in total. The van der Waals surface area contributed by atoms with Crippen LogP contribution in [0.15, 0.2) is 28.9 Å². The Morgan fingerprint density at radius 1 is 1.45 bits per heavy atom. The van der Waals surface area contributed by atoms with Gasteiger partial charge >= 0.3 is 0 Å². The molecule has 0 aliphatic heterocycles. The molecule has 7 nitrogen and oxygen atoms in total. The summed E-state index contributed by atoms with van der Waals surface area (Å²) in [7, 11) is 1.55. The van der Waals surface area contributed by atoms with E-state index >= 15 is 0 Å². The summed E-state index contributed by atoms with van der Waals surface area (Å²) in [6.45, 7) is 3.52. The fraction of sp³-hybridized carbons (Fsp3) is 0.308. The van der Waals surface area contributed by atoms with E-state index in [1.165, 1.54) is 0 Å². The summed E-state index contributed by atoms with van der Waals surface area (Å²) in [5.74, 6) is 0.621. The van der Waals surface area contributed by atoms with Gasteiger partial charge in [0.25, 0.3) is 0 Å². The molecular formula is C13H16N4O3. The van der Waals surface area contributed by atoms with Gasteiger partial charge in [-0.25, -0.2) is 4.98 Å². The highest BCUT2D eigenvalue weighted by atomic mass is 16.5. The molecule has 1 atom stereocenters. The summed E-state index contributed by atoms with van der Waals surface area (Å²) in [5, 5.41) is 9.36. The van der Waals surface area contributed by atoms with E-state index in [-0.39, 0.29) is 5.91 Å². The fourth-order valence-electron chi connectivity index (χ4n) is 1.55. The molecule has 1 amide bonds. The Morgan fingerprint density at radius 2 is 2.25 bits per heavy atom. The summed E-state index contributed by atoms with van der Waals surface area (Å²) >= 11 is 0. The summed E-state index contributed by atoms with van der Waals surface area (Å²) in [6.07, 6.45) is 1.60. The van der Waals surface area contributed by atoms with Crippen molar-refractivity contribution in [2.45, 2.75) is 19.9 Å². The number of ether oxygens (including phenoxy) is 1. The molecule has 7 heteroatoms. The molecule has 20 heavy (non-hydrogen) atoms. The van der Waals surface area contributed by atoms with E-state index in [9.17, 15) is 4.79 Å². The number of pyridine rings is 1. The molecule has 0 aliphatic carbocycles. The number of hydrogen-bond donors (Lipinski definition) is 2. The van der Waals surface area contributed by atoms with Crippen molar-refractivity contribution in [1.29, 1.82) is 0 Å². The van der Waals surface area contributed by atoms with Crippen molar-refractivity contribution >= 4 is 17.5 Å². The molecule has 0 saturated carbocycles. The molecule has 0 unspecified atom stereocenters. The van der Waals surface area contributed by atoms with Crippen molar-refractivity contribution < 1.29 is 14.1 Å². The van der Waals surface area contributed by atoms with Gasteiger partial charge in [0.2, 0.25) is 17.7 Å². The van der Waals surface area contributed by atoms with Crippen LogP contribution in [0.4, 0.5) is 11.6 Å². The van der Waals surface area contributed by atoms with E-state index in [4.69, 9.17) is 9.26 Å². The Kier molecular flexibility index (Phi) is 4.19. The quantitative estimate of drug-likeness (QED) is 0.866. The Morgan fingerprint density at radius 3 is 2.80 bits per heavy atom. The molecule has 0 aliphatic rings. The number of hydrogen-bond acceptors (Lipinski definition) is 6. The Hall–Kier alpha value is -2.57. The smallest absolute Gasteiger partial charge is 0.248 e. The third-order valence-electron chi connectivity index (χ3n) is 2.60. The zero-order chi connectivity index (χ0) is 14.5. The lowest BCUT2D eigenvalue weighted by Gasteiger charge is -2.13. The van der Waals surface area contributed by atoms with Crippen molar-refractivity contribution in [1.82, 2.24) is 10.1 Å². The van der Waals surface area contributed by atoms with Gasteiger partial charge in [-0.15, -0.1) is 0 Å². The second kappa shape index (κ2) is 6.05. The highest BCUT2D eigenvalue weighted by Crippen LogP contribution is 2.13. The van der Waals surface area contributed by atoms with Crippen LogP contribution < -0.4 is 15.4 Å². The average Bonchev–Trinajstić information content (AvgIpc) is 2.85. The number of aromatic nitrogens is 2. The van der Waals surface area contributed by atoms with Crippen LogP contribution >= 0.6 is 0 Å². The van der Waals surface area contributed by atoms with Crippen LogP contribution in [0, 0.1) is 6.92 Å². The second-order valence-corrected chi connectivity index (χ2v) is 4.28. The molecule has 2 aromatic rings. The van der Waals surface area contributed by atoms with Gasteiger partial charge in [0.05, 0.1) is 24.7 Å². The predicted octanol–water partition coefficient (Wildman–Crippen LogP) is 1.83. The molecule has 0 bridgehead atoms. The molecular weight excluding hydrogens is 260 g/mol. The maximum Gasteiger partial charge on any atom is 0.248 e. The Bertz CT molecular complexity index is 580. The third-order valence-corrected chi connectivity index (χ3v) is 2.60. The van der Waals surface area contributed by atoms with E-state index in [1.807, 2.05) is 0 Å². The van der Waals surface area contributed by atoms with Crippen LogP contribution in [0.1, 0.15) is 12.6 Å². The number of nitrogens with zero attached hydrogens (tertiary/aromatic N) is 2. The lowest BCUT2D eigenvalue weighted by atomic mass is 10.3. The average molecular weight is 276 g/mol. The van der Waals surface area contributed by atoms with Crippen molar-refractivity contribution in [2.24, 2.45) is 0 Å². The molecule has 2 rings (SSSR count). The summed E-state index contributed by atoms with van der Waals surface area (Å²) < 4.78 is 9.89. The van der Waals surface area contributed by atoms with Gasteiger partial charge in [0, 0.05) is 12.1 Å². The van der Waals surface area contributed by atoms with Gasteiger partial charge in [-0.05, 0) is 19.9 Å². The minimum Gasteiger partial charge on any atom is -0.481 e. The normalized spacial score (nSPS) is 11.8. The van der Waals surface area contributed by atoms with Crippen LogP contribution in [-0.2, 0) is 4.79 Å². The number of methoxy groups -OCH3 is 1. The molecule has 0 aromatic carbocycles. The molecule has 106 valence electrons. The minimum atomic E-state index is -0.449. The first kappa shape index (κ1) is 13.9. The largest absolute Gasteiger partial charge is 0.481 e. The zero-order valence-electron chi connectivity index (χ0n) is 11.5. The third kappa shape index (κ3) is 3.47. The monoisotopic (exact) mass is 276 g/mol. The van der Waals surface area contributed by atoms with E-state index in [0.29, 0.717) is 17.5 Å². The molecule has 0 saturated heterocycles. The zero-order valence-corrected chi connectivity index (χ0v) is 11.5. The molecule has 0 fully saturated rings. The van der Waals surface area contributed by atoms with Crippen LogP contribution in [0.3, 0.4) is 0 Å². The molecule has 0 spiro atoms. The SMILES string of the molecule is COc1ccc(N[C@H](C)C(=O)Nc2cc(C)no2)cn1. The summed E-state index contributed by atoms with van der Waals surface area (Å²) in [4.78, 5) is 16.0. The highest BCUT2D eigenvalue weighted by molar-refractivity contribution is 5.95. The van der Waals surface area contributed by atoms with Gasteiger partial charge in [-0.1, -0.05) is 5.16 Å². The van der Waals surface area contributed by atoms with Gasteiger partial charge in [-0.2, -0.15) is 0 Å². The lowest BCUT2D eigenvalue weighted by Crippen LogP contribution is -2.31. The minimum absolute atomic E-state index is 0.225. The number of nitrogens with one attached hydrogen (secondary N) is 2. The van der Waals surface area contributed by atoms with E-state index < -0.39 is 6.04 Å². The molecule has 2 aromatic heterocycles. The van der Waals surface area contributed by atoms with E-state index in [0.717, 1.165) is 5.69 Å². The van der Waals surface area contributed by atoms with Crippen molar-refractivity contribution in [2.75, 3.05) is 17.7 Å².